The Labute approximate surface area is 170 Å². The van der Waals surface area contributed by atoms with Crippen molar-refractivity contribution < 1.29 is 23.9 Å². The largest absolute Gasteiger partial charge is 0.456 e. The summed E-state index contributed by atoms with van der Waals surface area (Å²) in [6.45, 7) is 3.52. The van der Waals surface area contributed by atoms with E-state index < -0.39 is 18.5 Å². The van der Waals surface area contributed by atoms with Gasteiger partial charge in [0, 0.05) is 12.2 Å². The van der Waals surface area contributed by atoms with E-state index in [1.807, 2.05) is 32.0 Å². The van der Waals surface area contributed by atoms with Gasteiger partial charge in [0.05, 0.1) is 18.3 Å². The van der Waals surface area contributed by atoms with Gasteiger partial charge in [-0.05, 0) is 37.3 Å². The normalized spacial score (nSPS) is 21.1. The molecule has 2 atom stereocenters. The van der Waals surface area contributed by atoms with Gasteiger partial charge in [0.2, 0.25) is 11.8 Å². The first kappa shape index (κ1) is 21.0. The summed E-state index contributed by atoms with van der Waals surface area (Å²) in [4.78, 5) is 50.2. The van der Waals surface area contributed by atoms with Gasteiger partial charge >= 0.3 is 5.97 Å². The van der Waals surface area contributed by atoms with Crippen LogP contribution in [0.1, 0.15) is 50.2 Å². The summed E-state index contributed by atoms with van der Waals surface area (Å²) < 4.78 is 5.04. The number of esters is 1. The molecule has 1 heterocycles. The van der Waals surface area contributed by atoms with Crippen LogP contribution in [0.5, 0.6) is 0 Å². The highest BCUT2D eigenvalue weighted by atomic mass is 16.5. The van der Waals surface area contributed by atoms with E-state index in [-0.39, 0.29) is 36.6 Å². The van der Waals surface area contributed by atoms with Crippen molar-refractivity contribution in [3.05, 3.63) is 29.3 Å². The molecule has 1 aliphatic carbocycles. The highest BCUT2D eigenvalue weighted by Crippen LogP contribution is 2.37. The Morgan fingerprint density at radius 3 is 2.41 bits per heavy atom. The van der Waals surface area contributed by atoms with Gasteiger partial charge in [-0.1, -0.05) is 38.0 Å². The number of aryl methyl sites for hydroxylation is 2. The number of nitrogens with one attached hydrogen (secondary N) is 1. The third-order valence-electron chi connectivity index (χ3n) is 5.84. The lowest BCUT2D eigenvalue weighted by Gasteiger charge is -2.19. The molecule has 7 nitrogen and oxygen atoms in total. The minimum absolute atomic E-state index is 0.0168. The van der Waals surface area contributed by atoms with Crippen molar-refractivity contribution in [3.8, 4) is 0 Å². The van der Waals surface area contributed by atoms with Crippen LogP contribution in [0.15, 0.2) is 18.2 Å². The van der Waals surface area contributed by atoms with Crippen LogP contribution in [0.4, 0.5) is 5.69 Å². The van der Waals surface area contributed by atoms with Crippen LogP contribution < -0.4 is 5.32 Å². The van der Waals surface area contributed by atoms with E-state index in [4.69, 9.17) is 4.74 Å². The van der Waals surface area contributed by atoms with Gasteiger partial charge in [-0.2, -0.15) is 0 Å². The van der Waals surface area contributed by atoms with Crippen LogP contribution in [0, 0.1) is 18.8 Å². The maximum absolute atomic E-state index is 12.4. The Bertz CT molecular complexity index is 795. The number of anilines is 1. The second kappa shape index (κ2) is 9.20. The van der Waals surface area contributed by atoms with Gasteiger partial charge in [-0.3, -0.25) is 24.1 Å². The van der Waals surface area contributed by atoms with Crippen LogP contribution in [-0.2, 0) is 30.3 Å². The van der Waals surface area contributed by atoms with Crippen molar-refractivity contribution in [2.75, 3.05) is 18.5 Å². The Morgan fingerprint density at radius 1 is 1.14 bits per heavy atom. The van der Waals surface area contributed by atoms with E-state index in [2.05, 4.69) is 5.32 Å². The van der Waals surface area contributed by atoms with E-state index in [1.54, 1.807) is 0 Å². The molecule has 3 rings (SSSR count). The average Bonchev–Trinajstić information content (AvgIpc) is 2.96. The summed E-state index contributed by atoms with van der Waals surface area (Å²) in [7, 11) is 0. The second-order valence-corrected chi connectivity index (χ2v) is 7.75. The number of para-hydroxylation sites is 1. The lowest BCUT2D eigenvalue weighted by Crippen LogP contribution is -2.33. The van der Waals surface area contributed by atoms with Crippen molar-refractivity contribution in [2.24, 2.45) is 11.8 Å². The van der Waals surface area contributed by atoms with Crippen LogP contribution in [-0.4, -0.2) is 41.7 Å². The first-order chi connectivity index (χ1) is 13.9. The zero-order chi connectivity index (χ0) is 21.0. The predicted molar refractivity (Wildman–Crippen MR) is 107 cm³/mol. The lowest BCUT2D eigenvalue weighted by atomic mass is 9.81. The average molecular weight is 400 g/mol. The molecule has 0 aromatic heterocycles. The lowest BCUT2D eigenvalue weighted by molar-refractivity contribution is -0.148. The minimum Gasteiger partial charge on any atom is -0.456 e. The first-order valence-electron chi connectivity index (χ1n) is 10.3. The Morgan fingerprint density at radius 2 is 1.79 bits per heavy atom. The van der Waals surface area contributed by atoms with E-state index in [1.165, 1.54) is 4.90 Å². The number of amides is 3. The number of benzene rings is 1. The molecule has 0 radical (unpaired) electrons. The molecule has 1 aromatic carbocycles. The number of fused-ring (bicyclic) bond motifs is 1. The SMILES string of the molecule is CCc1cccc(C)c1NC(=O)COC(=O)CCN1C(=O)[C@H]2CCCC[C@@H]2C1=O. The number of carbonyl (C=O) groups excluding carboxylic acids is 4. The quantitative estimate of drug-likeness (QED) is 0.561. The van der Waals surface area contributed by atoms with Crippen molar-refractivity contribution in [2.45, 2.75) is 52.4 Å². The fourth-order valence-corrected chi connectivity index (χ4v) is 4.25. The predicted octanol–water partition coefficient (Wildman–Crippen LogP) is 2.60. The summed E-state index contributed by atoms with van der Waals surface area (Å²) in [5.74, 6) is -1.80. The molecule has 2 aliphatic rings. The number of hydrogen-bond donors (Lipinski definition) is 1. The second-order valence-electron chi connectivity index (χ2n) is 7.75. The van der Waals surface area contributed by atoms with Crippen molar-refractivity contribution in [1.29, 1.82) is 0 Å². The third-order valence-corrected chi connectivity index (χ3v) is 5.84. The topological polar surface area (TPSA) is 92.8 Å². The molecule has 7 heteroatoms. The molecule has 1 aliphatic heterocycles. The number of likely N-dealkylation sites (tertiary alicyclic amines) is 1. The minimum atomic E-state index is -0.601. The molecule has 156 valence electrons. The molecular formula is C22H28N2O5. The van der Waals surface area contributed by atoms with E-state index in [0.717, 1.165) is 48.9 Å². The molecule has 1 aromatic rings. The van der Waals surface area contributed by atoms with Crippen LogP contribution in [0.2, 0.25) is 0 Å². The van der Waals surface area contributed by atoms with E-state index in [9.17, 15) is 19.2 Å². The molecule has 1 saturated heterocycles. The smallest absolute Gasteiger partial charge is 0.308 e. The molecular weight excluding hydrogens is 372 g/mol. The Hall–Kier alpha value is -2.70. The molecule has 3 amide bonds. The van der Waals surface area contributed by atoms with Gasteiger partial charge in [-0.25, -0.2) is 0 Å². The molecule has 0 unspecified atom stereocenters. The van der Waals surface area contributed by atoms with Gasteiger partial charge in [0.15, 0.2) is 6.61 Å². The fraction of sp³-hybridized carbons (Fsp3) is 0.545. The maximum atomic E-state index is 12.4. The molecule has 1 N–H and O–H groups in total. The van der Waals surface area contributed by atoms with Crippen molar-refractivity contribution >= 4 is 29.4 Å². The molecule has 0 spiro atoms. The summed E-state index contributed by atoms with van der Waals surface area (Å²) in [6.07, 6.45) is 4.09. The van der Waals surface area contributed by atoms with Gasteiger partial charge < -0.3 is 10.1 Å². The number of imide groups is 1. The maximum Gasteiger partial charge on any atom is 0.308 e. The number of carbonyl (C=O) groups is 4. The third kappa shape index (κ3) is 4.66. The summed E-state index contributed by atoms with van der Waals surface area (Å²) in [6, 6.07) is 5.78. The van der Waals surface area contributed by atoms with E-state index >= 15 is 0 Å². The highest BCUT2D eigenvalue weighted by molar-refractivity contribution is 6.05. The zero-order valence-corrected chi connectivity index (χ0v) is 17.0. The molecule has 2 fully saturated rings. The number of nitrogens with zero attached hydrogens (tertiary/aromatic N) is 1. The van der Waals surface area contributed by atoms with Crippen molar-refractivity contribution in [3.63, 3.8) is 0 Å². The van der Waals surface area contributed by atoms with Gasteiger partial charge in [-0.15, -0.1) is 0 Å². The van der Waals surface area contributed by atoms with Crippen LogP contribution in [0.3, 0.4) is 0 Å². The molecule has 1 saturated carbocycles. The van der Waals surface area contributed by atoms with E-state index in [0.29, 0.717) is 0 Å². The van der Waals surface area contributed by atoms with Gasteiger partial charge in [0.1, 0.15) is 0 Å². The Kier molecular flexibility index (Phi) is 6.67. The summed E-state index contributed by atoms with van der Waals surface area (Å²) in [5.41, 5.74) is 2.70. The molecule has 29 heavy (non-hydrogen) atoms. The standard InChI is InChI=1S/C22H28N2O5/c1-3-15-8-6-7-14(2)20(15)23-18(25)13-29-19(26)11-12-24-21(27)16-9-4-5-10-17(16)22(24)28/h6-8,16-17H,3-5,9-13H2,1-2H3,(H,23,25)/t16-,17-/m0/s1. The summed E-state index contributed by atoms with van der Waals surface area (Å²) in [5, 5.41) is 2.80. The highest BCUT2D eigenvalue weighted by Gasteiger charge is 2.47. The van der Waals surface area contributed by atoms with Crippen LogP contribution in [0.25, 0.3) is 0 Å². The number of hydrogen-bond acceptors (Lipinski definition) is 5. The van der Waals surface area contributed by atoms with Crippen LogP contribution >= 0.6 is 0 Å². The monoisotopic (exact) mass is 400 g/mol. The van der Waals surface area contributed by atoms with Gasteiger partial charge in [0.25, 0.3) is 5.91 Å². The van der Waals surface area contributed by atoms with Crippen molar-refractivity contribution in [1.82, 2.24) is 4.90 Å². The number of rotatable bonds is 7. The fourth-order valence-electron chi connectivity index (χ4n) is 4.25. The molecule has 0 bridgehead atoms. The number of ether oxygens (including phenoxy) is 1. The Balaban J connectivity index is 1.46. The first-order valence-corrected chi connectivity index (χ1v) is 10.3. The summed E-state index contributed by atoms with van der Waals surface area (Å²) >= 11 is 0. The zero-order valence-electron chi connectivity index (χ0n) is 17.0.